The normalized spacial score (nSPS) is 11.4. The average molecular weight is 479 g/mol. The molecule has 1 amide bonds. The van der Waals surface area contributed by atoms with Gasteiger partial charge in [0, 0.05) is 19.8 Å². The number of hydrogen-bond donors (Lipinski definition) is 1. The first-order valence-electron chi connectivity index (χ1n) is 10.8. The summed E-state index contributed by atoms with van der Waals surface area (Å²) in [5.41, 5.74) is 7.48. The van der Waals surface area contributed by atoms with Gasteiger partial charge in [0.05, 0.1) is 16.8 Å². The first kappa shape index (κ1) is 25.0. The molecule has 0 fully saturated rings. The van der Waals surface area contributed by atoms with Crippen LogP contribution in [0.3, 0.4) is 0 Å². The van der Waals surface area contributed by atoms with Gasteiger partial charge in [0.15, 0.2) is 0 Å². The quantitative estimate of drug-likeness (QED) is 0.392. The molecule has 8 heteroatoms. The highest BCUT2D eigenvalue weighted by Crippen LogP contribution is 2.26. The highest BCUT2D eigenvalue weighted by molar-refractivity contribution is 7.92. The number of nitrogens with one attached hydrogen (secondary N) is 1. The van der Waals surface area contributed by atoms with Crippen LogP contribution in [-0.2, 0) is 14.8 Å². The Labute approximate surface area is 201 Å². The summed E-state index contributed by atoms with van der Waals surface area (Å²) >= 11 is 0. The first-order valence-corrected chi connectivity index (χ1v) is 12.3. The van der Waals surface area contributed by atoms with E-state index in [-0.39, 0.29) is 4.90 Å². The number of hydrogen-bond acceptors (Lipinski definition) is 5. The van der Waals surface area contributed by atoms with E-state index in [1.807, 2.05) is 70.1 Å². The second kappa shape index (κ2) is 10.5. The lowest BCUT2D eigenvalue weighted by molar-refractivity contribution is -0.119. The molecule has 0 saturated carbocycles. The van der Waals surface area contributed by atoms with E-state index in [1.165, 1.54) is 6.21 Å². The van der Waals surface area contributed by atoms with E-state index in [1.54, 1.807) is 36.4 Å². The summed E-state index contributed by atoms with van der Waals surface area (Å²) in [4.78, 5) is 14.8. The van der Waals surface area contributed by atoms with Crippen LogP contribution in [0.4, 0.5) is 11.4 Å². The van der Waals surface area contributed by atoms with Gasteiger partial charge in [-0.3, -0.25) is 9.10 Å². The summed E-state index contributed by atoms with van der Waals surface area (Å²) in [5.74, 6) is -0.545. The number of rotatable bonds is 8. The van der Waals surface area contributed by atoms with E-state index in [9.17, 15) is 13.2 Å². The molecular formula is C26H30N4O3S. The predicted molar refractivity (Wildman–Crippen MR) is 138 cm³/mol. The molecule has 0 unspecified atom stereocenters. The molecule has 0 spiro atoms. The number of sulfonamides is 1. The zero-order valence-electron chi connectivity index (χ0n) is 20.1. The molecule has 34 heavy (non-hydrogen) atoms. The molecule has 0 aliphatic rings. The predicted octanol–water partition coefficient (Wildman–Crippen LogP) is 4.02. The summed E-state index contributed by atoms with van der Waals surface area (Å²) in [7, 11) is -0.0660. The van der Waals surface area contributed by atoms with Crippen LogP contribution in [-0.4, -0.2) is 41.2 Å². The second-order valence-electron chi connectivity index (χ2n) is 8.45. The maximum atomic E-state index is 13.5. The third kappa shape index (κ3) is 6.23. The van der Waals surface area contributed by atoms with E-state index in [0.717, 1.165) is 32.2 Å². The zero-order valence-corrected chi connectivity index (χ0v) is 20.9. The second-order valence-corrected chi connectivity index (χ2v) is 10.3. The molecular weight excluding hydrogens is 448 g/mol. The van der Waals surface area contributed by atoms with Gasteiger partial charge in [0.1, 0.15) is 6.54 Å². The highest BCUT2D eigenvalue weighted by atomic mass is 32.2. The van der Waals surface area contributed by atoms with Gasteiger partial charge in [0.2, 0.25) is 0 Å². The van der Waals surface area contributed by atoms with Gasteiger partial charge in [0.25, 0.3) is 15.9 Å². The largest absolute Gasteiger partial charge is 0.378 e. The molecule has 178 valence electrons. The molecule has 3 aromatic rings. The van der Waals surface area contributed by atoms with Crippen molar-refractivity contribution in [3.63, 3.8) is 0 Å². The molecule has 0 aromatic heterocycles. The van der Waals surface area contributed by atoms with Crippen molar-refractivity contribution in [3.05, 3.63) is 89.0 Å². The summed E-state index contributed by atoms with van der Waals surface area (Å²) < 4.78 is 28.1. The molecule has 3 aromatic carbocycles. The van der Waals surface area contributed by atoms with Gasteiger partial charge < -0.3 is 4.90 Å². The van der Waals surface area contributed by atoms with Gasteiger partial charge in [-0.05, 0) is 73.9 Å². The number of aryl methyl sites for hydroxylation is 3. The molecule has 7 nitrogen and oxygen atoms in total. The summed E-state index contributed by atoms with van der Waals surface area (Å²) in [6, 6.07) is 19.7. The average Bonchev–Trinajstić information content (AvgIpc) is 2.77. The lowest BCUT2D eigenvalue weighted by Crippen LogP contribution is -2.39. The minimum atomic E-state index is -3.97. The van der Waals surface area contributed by atoms with Crippen molar-refractivity contribution >= 4 is 33.5 Å². The number of hydrazone groups is 1. The Bertz CT molecular complexity index is 1260. The minimum Gasteiger partial charge on any atom is -0.378 e. The fourth-order valence-electron chi connectivity index (χ4n) is 3.45. The van der Waals surface area contributed by atoms with Crippen LogP contribution in [0.15, 0.2) is 76.7 Å². The van der Waals surface area contributed by atoms with Gasteiger partial charge in [-0.2, -0.15) is 5.10 Å². The van der Waals surface area contributed by atoms with Crippen molar-refractivity contribution in [2.24, 2.45) is 5.10 Å². The monoisotopic (exact) mass is 478 g/mol. The van der Waals surface area contributed by atoms with Crippen LogP contribution in [0.2, 0.25) is 0 Å². The van der Waals surface area contributed by atoms with Crippen molar-refractivity contribution < 1.29 is 13.2 Å². The summed E-state index contributed by atoms with van der Waals surface area (Å²) in [6.07, 6.45) is 1.52. The van der Waals surface area contributed by atoms with Crippen LogP contribution in [0.25, 0.3) is 0 Å². The molecule has 1 N–H and O–H groups in total. The van der Waals surface area contributed by atoms with Crippen molar-refractivity contribution in [2.75, 3.05) is 29.8 Å². The van der Waals surface area contributed by atoms with E-state index in [0.29, 0.717) is 5.69 Å². The number of anilines is 2. The Morgan fingerprint density at radius 1 is 0.853 bits per heavy atom. The van der Waals surface area contributed by atoms with E-state index < -0.39 is 22.5 Å². The molecule has 0 radical (unpaired) electrons. The highest BCUT2D eigenvalue weighted by Gasteiger charge is 2.27. The number of carbonyl (C=O) groups is 1. The topological polar surface area (TPSA) is 82.1 Å². The van der Waals surface area contributed by atoms with Crippen molar-refractivity contribution in [1.82, 2.24) is 5.43 Å². The van der Waals surface area contributed by atoms with Crippen LogP contribution in [0.5, 0.6) is 0 Å². The zero-order chi connectivity index (χ0) is 24.9. The molecule has 0 aliphatic carbocycles. The number of benzene rings is 3. The number of amides is 1. The Balaban J connectivity index is 1.83. The van der Waals surface area contributed by atoms with Gasteiger partial charge in [-0.25, -0.2) is 13.8 Å². The van der Waals surface area contributed by atoms with Crippen LogP contribution in [0.1, 0.15) is 22.3 Å². The Kier molecular flexibility index (Phi) is 7.73. The number of nitrogens with zero attached hydrogens (tertiary/aromatic N) is 3. The fourth-order valence-corrected chi connectivity index (χ4v) is 4.85. The molecule has 0 bridgehead atoms. The van der Waals surface area contributed by atoms with Crippen LogP contribution in [0, 0.1) is 20.8 Å². The Morgan fingerprint density at radius 3 is 2.00 bits per heavy atom. The fraction of sp³-hybridized carbons (Fsp3) is 0.231. The third-order valence-corrected chi connectivity index (χ3v) is 6.99. The molecule has 0 aliphatic heterocycles. The smallest absolute Gasteiger partial charge is 0.264 e. The van der Waals surface area contributed by atoms with Gasteiger partial charge >= 0.3 is 0 Å². The van der Waals surface area contributed by atoms with Crippen LogP contribution >= 0.6 is 0 Å². The molecule has 3 rings (SSSR count). The standard InChI is InChI=1S/C26H30N4O3S/c1-19-6-12-25(13-7-19)34(32,33)30(24-15-20(2)14-21(3)16-24)18-26(31)28-27-17-22-8-10-23(11-9-22)29(4)5/h6-17H,18H2,1-5H3,(H,28,31)/b27-17-. The Hall–Kier alpha value is -3.65. The van der Waals surface area contributed by atoms with Crippen molar-refractivity contribution in [2.45, 2.75) is 25.7 Å². The van der Waals surface area contributed by atoms with Gasteiger partial charge in [-0.15, -0.1) is 0 Å². The first-order chi connectivity index (χ1) is 16.1. The van der Waals surface area contributed by atoms with E-state index >= 15 is 0 Å². The molecule has 0 heterocycles. The lowest BCUT2D eigenvalue weighted by Gasteiger charge is -2.24. The van der Waals surface area contributed by atoms with E-state index in [2.05, 4.69) is 10.5 Å². The SMILES string of the molecule is Cc1ccc(S(=O)(=O)N(CC(=O)N/N=C\c2ccc(N(C)C)cc2)c2cc(C)cc(C)c2)cc1. The van der Waals surface area contributed by atoms with E-state index in [4.69, 9.17) is 0 Å². The van der Waals surface area contributed by atoms with Crippen molar-refractivity contribution in [1.29, 1.82) is 0 Å². The lowest BCUT2D eigenvalue weighted by atomic mass is 10.1. The maximum Gasteiger partial charge on any atom is 0.264 e. The maximum absolute atomic E-state index is 13.5. The van der Waals surface area contributed by atoms with Crippen molar-refractivity contribution in [3.8, 4) is 0 Å². The molecule has 0 saturated heterocycles. The molecule has 0 atom stereocenters. The minimum absolute atomic E-state index is 0.120. The summed E-state index contributed by atoms with van der Waals surface area (Å²) in [6.45, 7) is 5.26. The summed E-state index contributed by atoms with van der Waals surface area (Å²) in [5, 5.41) is 4.00. The van der Waals surface area contributed by atoms with Crippen LogP contribution < -0.4 is 14.6 Å². The van der Waals surface area contributed by atoms with Gasteiger partial charge in [-0.1, -0.05) is 35.9 Å². The number of carbonyl (C=O) groups excluding carboxylic acids is 1. The third-order valence-electron chi connectivity index (χ3n) is 5.20. The Morgan fingerprint density at radius 2 is 1.44 bits per heavy atom.